The van der Waals surface area contributed by atoms with Gasteiger partial charge in [0.15, 0.2) is 11.5 Å². The van der Waals surface area contributed by atoms with E-state index in [-0.39, 0.29) is 12.2 Å². The Morgan fingerprint density at radius 1 is 1.00 bits per heavy atom. The first-order valence-electron chi connectivity index (χ1n) is 10.2. The van der Waals surface area contributed by atoms with Gasteiger partial charge in [-0.2, -0.15) is 5.26 Å². The van der Waals surface area contributed by atoms with Crippen LogP contribution < -0.4 is 14.8 Å². The molecular weight excluding hydrogens is 459 g/mol. The van der Waals surface area contributed by atoms with Crippen LogP contribution in [0.2, 0.25) is 10.0 Å². The van der Waals surface area contributed by atoms with E-state index in [4.69, 9.17) is 32.7 Å². The standard InChI is InChI=1S/C26H22Cl2N2O3/c1-3-32-25-14-18(7-11-24(25)33-16-19-6-10-22(27)23(28)13-19)12-20(15-29)26(31)30-21-8-4-17(2)5-9-21/h4-14H,3,16H2,1-2H3,(H,30,31)/b20-12+. The predicted molar refractivity (Wildman–Crippen MR) is 132 cm³/mol. The van der Waals surface area contributed by atoms with E-state index in [1.165, 1.54) is 6.08 Å². The summed E-state index contributed by atoms with van der Waals surface area (Å²) in [5.74, 6) is 0.546. The predicted octanol–water partition coefficient (Wildman–Crippen LogP) is 6.83. The molecule has 1 amide bonds. The summed E-state index contributed by atoms with van der Waals surface area (Å²) in [4.78, 5) is 12.5. The Hall–Kier alpha value is -3.46. The summed E-state index contributed by atoms with van der Waals surface area (Å²) in [7, 11) is 0. The monoisotopic (exact) mass is 480 g/mol. The van der Waals surface area contributed by atoms with Crippen molar-refractivity contribution in [3.63, 3.8) is 0 Å². The van der Waals surface area contributed by atoms with Crippen molar-refractivity contribution in [2.75, 3.05) is 11.9 Å². The van der Waals surface area contributed by atoms with Crippen LogP contribution >= 0.6 is 23.2 Å². The van der Waals surface area contributed by atoms with Gasteiger partial charge >= 0.3 is 0 Å². The molecule has 0 radical (unpaired) electrons. The number of carbonyl (C=O) groups excluding carboxylic acids is 1. The van der Waals surface area contributed by atoms with E-state index < -0.39 is 5.91 Å². The number of carbonyl (C=O) groups is 1. The lowest BCUT2D eigenvalue weighted by Gasteiger charge is -2.13. The minimum atomic E-state index is -0.487. The van der Waals surface area contributed by atoms with Gasteiger partial charge in [0.2, 0.25) is 0 Å². The first-order valence-corrected chi connectivity index (χ1v) is 11.0. The molecular formula is C26H22Cl2N2O3. The zero-order chi connectivity index (χ0) is 23.8. The molecule has 33 heavy (non-hydrogen) atoms. The molecule has 0 aliphatic heterocycles. The molecule has 168 valence electrons. The largest absolute Gasteiger partial charge is 0.490 e. The maximum atomic E-state index is 12.5. The van der Waals surface area contributed by atoms with Crippen molar-refractivity contribution >= 4 is 40.9 Å². The van der Waals surface area contributed by atoms with E-state index in [0.29, 0.717) is 39.4 Å². The van der Waals surface area contributed by atoms with Crippen LogP contribution in [0.15, 0.2) is 66.2 Å². The Kier molecular flexibility index (Phi) is 8.37. The van der Waals surface area contributed by atoms with Gasteiger partial charge < -0.3 is 14.8 Å². The van der Waals surface area contributed by atoms with Crippen LogP contribution in [0.1, 0.15) is 23.6 Å². The fourth-order valence-corrected chi connectivity index (χ4v) is 3.26. The first kappa shape index (κ1) is 24.2. The number of halogens is 2. The highest BCUT2D eigenvalue weighted by Crippen LogP contribution is 2.31. The molecule has 0 aromatic heterocycles. The van der Waals surface area contributed by atoms with Crippen molar-refractivity contribution < 1.29 is 14.3 Å². The molecule has 0 saturated heterocycles. The number of nitriles is 1. The second-order valence-electron chi connectivity index (χ2n) is 7.17. The molecule has 0 aliphatic rings. The topological polar surface area (TPSA) is 71.3 Å². The van der Waals surface area contributed by atoms with Gasteiger partial charge in [0.1, 0.15) is 18.2 Å². The van der Waals surface area contributed by atoms with E-state index in [2.05, 4.69) is 5.32 Å². The Balaban J connectivity index is 1.77. The first-order chi connectivity index (χ1) is 15.9. The van der Waals surface area contributed by atoms with Crippen molar-refractivity contribution in [3.8, 4) is 17.6 Å². The molecule has 0 spiro atoms. The molecule has 3 aromatic carbocycles. The van der Waals surface area contributed by atoms with Gasteiger partial charge in [0.05, 0.1) is 16.7 Å². The van der Waals surface area contributed by atoms with E-state index in [1.54, 1.807) is 42.5 Å². The van der Waals surface area contributed by atoms with E-state index in [9.17, 15) is 10.1 Å². The molecule has 1 N–H and O–H groups in total. The SMILES string of the molecule is CCOc1cc(/C=C(\C#N)C(=O)Nc2ccc(C)cc2)ccc1OCc1ccc(Cl)c(Cl)c1. The molecule has 0 fully saturated rings. The number of rotatable bonds is 8. The van der Waals surface area contributed by atoms with Crippen molar-refractivity contribution in [2.45, 2.75) is 20.5 Å². The van der Waals surface area contributed by atoms with Crippen molar-refractivity contribution in [1.82, 2.24) is 0 Å². The number of anilines is 1. The summed E-state index contributed by atoms with van der Waals surface area (Å²) in [5.41, 5.74) is 3.16. The Labute approximate surface area is 203 Å². The van der Waals surface area contributed by atoms with Crippen LogP contribution in [-0.2, 0) is 11.4 Å². The van der Waals surface area contributed by atoms with Crippen molar-refractivity contribution in [1.29, 1.82) is 5.26 Å². The molecule has 7 heteroatoms. The highest BCUT2D eigenvalue weighted by Gasteiger charge is 2.12. The maximum Gasteiger partial charge on any atom is 0.266 e. The molecule has 5 nitrogen and oxygen atoms in total. The van der Waals surface area contributed by atoms with Crippen LogP contribution in [0.5, 0.6) is 11.5 Å². The number of hydrogen-bond acceptors (Lipinski definition) is 4. The quantitative estimate of drug-likeness (QED) is 0.283. The van der Waals surface area contributed by atoms with Gasteiger partial charge in [-0.3, -0.25) is 4.79 Å². The summed E-state index contributed by atoms with van der Waals surface area (Å²) in [6, 6.07) is 19.8. The van der Waals surface area contributed by atoms with Gasteiger partial charge in [0, 0.05) is 5.69 Å². The molecule has 0 unspecified atom stereocenters. The average molecular weight is 481 g/mol. The molecule has 0 heterocycles. The van der Waals surface area contributed by atoms with Gasteiger partial charge in [0.25, 0.3) is 5.91 Å². The molecule has 3 aromatic rings. The molecule has 0 aliphatic carbocycles. The molecule has 0 atom stereocenters. The number of nitrogens with zero attached hydrogens (tertiary/aromatic N) is 1. The lowest BCUT2D eigenvalue weighted by molar-refractivity contribution is -0.112. The fourth-order valence-electron chi connectivity index (χ4n) is 2.94. The van der Waals surface area contributed by atoms with Crippen LogP contribution in [0.4, 0.5) is 5.69 Å². The van der Waals surface area contributed by atoms with E-state index >= 15 is 0 Å². The van der Waals surface area contributed by atoms with Crippen molar-refractivity contribution in [3.05, 3.63) is 93.0 Å². The van der Waals surface area contributed by atoms with Gasteiger partial charge in [-0.25, -0.2) is 0 Å². The number of aryl methyl sites for hydroxylation is 1. The van der Waals surface area contributed by atoms with Crippen LogP contribution in [0, 0.1) is 18.3 Å². The normalized spacial score (nSPS) is 10.9. The van der Waals surface area contributed by atoms with Gasteiger partial charge in [-0.1, -0.05) is 53.0 Å². The van der Waals surface area contributed by atoms with Crippen LogP contribution in [-0.4, -0.2) is 12.5 Å². The summed E-state index contributed by atoms with van der Waals surface area (Å²) in [6.45, 7) is 4.52. The number of benzene rings is 3. The molecule has 0 bridgehead atoms. The Morgan fingerprint density at radius 2 is 1.76 bits per heavy atom. The zero-order valence-electron chi connectivity index (χ0n) is 18.2. The number of amides is 1. The van der Waals surface area contributed by atoms with Crippen LogP contribution in [0.3, 0.4) is 0 Å². The summed E-state index contributed by atoms with van der Waals surface area (Å²) >= 11 is 12.0. The summed E-state index contributed by atoms with van der Waals surface area (Å²) < 4.78 is 11.6. The average Bonchev–Trinajstić information content (AvgIpc) is 2.80. The minimum absolute atomic E-state index is 0.0255. The highest BCUT2D eigenvalue weighted by molar-refractivity contribution is 6.42. The lowest BCUT2D eigenvalue weighted by atomic mass is 10.1. The minimum Gasteiger partial charge on any atom is -0.490 e. The third-order valence-electron chi connectivity index (χ3n) is 4.63. The Morgan fingerprint density at radius 3 is 2.42 bits per heavy atom. The van der Waals surface area contributed by atoms with E-state index in [1.807, 2.05) is 38.1 Å². The molecule has 3 rings (SSSR count). The van der Waals surface area contributed by atoms with Gasteiger partial charge in [-0.15, -0.1) is 0 Å². The lowest BCUT2D eigenvalue weighted by Crippen LogP contribution is -2.13. The zero-order valence-corrected chi connectivity index (χ0v) is 19.7. The summed E-state index contributed by atoms with van der Waals surface area (Å²) in [5, 5.41) is 13.2. The highest BCUT2D eigenvalue weighted by atomic mass is 35.5. The van der Waals surface area contributed by atoms with Crippen LogP contribution in [0.25, 0.3) is 6.08 Å². The van der Waals surface area contributed by atoms with E-state index in [0.717, 1.165) is 11.1 Å². The number of nitrogens with one attached hydrogen (secondary N) is 1. The fraction of sp³-hybridized carbons (Fsp3) is 0.154. The third-order valence-corrected chi connectivity index (χ3v) is 5.37. The third kappa shape index (κ3) is 6.76. The van der Waals surface area contributed by atoms with Gasteiger partial charge in [-0.05, 0) is 67.4 Å². The second-order valence-corrected chi connectivity index (χ2v) is 7.98. The number of hydrogen-bond donors (Lipinski definition) is 1. The summed E-state index contributed by atoms with van der Waals surface area (Å²) in [6.07, 6.45) is 1.51. The smallest absolute Gasteiger partial charge is 0.266 e. The number of ether oxygens (including phenoxy) is 2. The molecule has 0 saturated carbocycles. The Bertz CT molecular complexity index is 1220. The van der Waals surface area contributed by atoms with Crippen molar-refractivity contribution in [2.24, 2.45) is 0 Å². The maximum absolute atomic E-state index is 12.5. The second kappa shape index (κ2) is 11.4.